The minimum absolute atomic E-state index is 0.0318. The first kappa shape index (κ1) is 28.9. The van der Waals surface area contributed by atoms with Gasteiger partial charge in [-0.1, -0.05) is 20.3 Å². The largest absolute Gasteiger partial charge is 0.489 e. The van der Waals surface area contributed by atoms with Gasteiger partial charge >= 0.3 is 0 Å². The number of rotatable bonds is 8. The number of hydrogen-bond acceptors (Lipinski definition) is 8. The van der Waals surface area contributed by atoms with Crippen molar-refractivity contribution in [3.05, 3.63) is 24.4 Å². The van der Waals surface area contributed by atoms with Crippen LogP contribution in [0.25, 0.3) is 0 Å². The van der Waals surface area contributed by atoms with E-state index in [4.69, 9.17) is 9.72 Å². The lowest BCUT2D eigenvalue weighted by molar-refractivity contribution is -0.118. The average Bonchev–Trinajstić information content (AvgIpc) is 2.93. The van der Waals surface area contributed by atoms with Crippen molar-refractivity contribution in [1.29, 1.82) is 0 Å². The Labute approximate surface area is 234 Å². The summed E-state index contributed by atoms with van der Waals surface area (Å²) < 4.78 is 6.26. The van der Waals surface area contributed by atoms with E-state index < -0.39 is 0 Å². The van der Waals surface area contributed by atoms with E-state index in [1.807, 2.05) is 27.9 Å². The number of anilines is 5. The molecule has 9 nitrogen and oxygen atoms in total. The van der Waals surface area contributed by atoms with Crippen molar-refractivity contribution in [2.45, 2.75) is 78.4 Å². The van der Waals surface area contributed by atoms with E-state index in [2.05, 4.69) is 57.0 Å². The second-order valence-electron chi connectivity index (χ2n) is 11.0. The van der Waals surface area contributed by atoms with Gasteiger partial charge in [0.1, 0.15) is 11.4 Å². The maximum absolute atomic E-state index is 12.7. The van der Waals surface area contributed by atoms with Gasteiger partial charge in [-0.2, -0.15) is 4.98 Å². The molecule has 0 saturated carbocycles. The number of nitrogens with one attached hydrogen (secondary N) is 1. The van der Waals surface area contributed by atoms with Crippen LogP contribution in [-0.2, 0) is 4.79 Å². The summed E-state index contributed by atoms with van der Waals surface area (Å²) in [6.45, 7) is 13.8. The van der Waals surface area contributed by atoms with Gasteiger partial charge in [0.05, 0.1) is 18.0 Å². The second-order valence-corrected chi connectivity index (χ2v) is 11.0. The molecular weight excluding hydrogens is 490 g/mol. The molecule has 0 atom stereocenters. The van der Waals surface area contributed by atoms with E-state index in [0.29, 0.717) is 18.4 Å². The molecule has 0 radical (unpaired) electrons. The van der Waals surface area contributed by atoms with E-state index in [1.54, 1.807) is 11.1 Å². The van der Waals surface area contributed by atoms with Crippen LogP contribution in [0.15, 0.2) is 24.4 Å². The summed E-state index contributed by atoms with van der Waals surface area (Å²) in [6.07, 6.45) is 7.65. The molecule has 1 aromatic heterocycles. The maximum atomic E-state index is 12.7. The molecule has 9 heteroatoms. The fraction of sp³-hybridized carbons (Fsp3) is 0.633. The highest BCUT2D eigenvalue weighted by atomic mass is 16.5. The summed E-state index contributed by atoms with van der Waals surface area (Å²) in [4.78, 5) is 31.0. The van der Waals surface area contributed by atoms with Crippen LogP contribution >= 0.6 is 0 Å². The molecule has 1 N–H and O–H groups in total. The Kier molecular flexibility index (Phi) is 9.88. The lowest BCUT2D eigenvalue weighted by Gasteiger charge is -2.39. The number of carbonyl (C=O) groups excluding carboxylic acids is 1. The lowest BCUT2D eigenvalue weighted by atomic mass is 10.0. The Morgan fingerprint density at radius 2 is 1.82 bits per heavy atom. The van der Waals surface area contributed by atoms with E-state index in [9.17, 15) is 4.79 Å². The summed E-state index contributed by atoms with van der Waals surface area (Å²) in [5, 5.41) is 3.40. The van der Waals surface area contributed by atoms with Crippen molar-refractivity contribution >= 4 is 34.7 Å². The third kappa shape index (κ3) is 7.12. The zero-order chi connectivity index (χ0) is 27.9. The molecule has 1 aromatic carbocycles. The maximum Gasteiger partial charge on any atom is 0.229 e. The SMILES string of the molecule is CCN(CC)C1CCN(c2ccc(Nc3ncc4c(n3)N(C)CCCCCC(=O)N4C)c(OC(C)C)c2)CC1. The number of aromatic nitrogens is 2. The zero-order valence-corrected chi connectivity index (χ0v) is 24.7. The van der Waals surface area contributed by atoms with Crippen molar-refractivity contribution in [3.63, 3.8) is 0 Å². The molecule has 1 saturated heterocycles. The molecule has 2 aromatic rings. The van der Waals surface area contributed by atoms with Crippen LogP contribution in [0.5, 0.6) is 5.75 Å². The molecule has 1 amide bonds. The summed E-state index contributed by atoms with van der Waals surface area (Å²) in [5.74, 6) is 2.13. The molecule has 0 unspecified atom stereocenters. The predicted octanol–water partition coefficient (Wildman–Crippen LogP) is 5.29. The summed E-state index contributed by atoms with van der Waals surface area (Å²) in [7, 11) is 3.84. The molecule has 2 aliphatic rings. The van der Waals surface area contributed by atoms with Gasteiger partial charge in [-0.25, -0.2) is 4.98 Å². The third-order valence-electron chi connectivity index (χ3n) is 7.96. The van der Waals surface area contributed by atoms with Crippen LogP contribution in [0.1, 0.15) is 66.2 Å². The first-order chi connectivity index (χ1) is 18.8. The van der Waals surface area contributed by atoms with E-state index in [0.717, 1.165) is 74.9 Å². The number of nitrogens with zero attached hydrogens (tertiary/aromatic N) is 6. The number of fused-ring (bicyclic) bond motifs is 1. The van der Waals surface area contributed by atoms with Crippen LogP contribution in [0, 0.1) is 0 Å². The van der Waals surface area contributed by atoms with Crippen LogP contribution in [0.3, 0.4) is 0 Å². The van der Waals surface area contributed by atoms with Gasteiger partial charge in [-0.15, -0.1) is 0 Å². The molecule has 4 rings (SSSR count). The van der Waals surface area contributed by atoms with Gasteiger partial charge in [-0.05, 0) is 64.8 Å². The first-order valence-corrected chi connectivity index (χ1v) is 14.7. The van der Waals surface area contributed by atoms with Crippen molar-refractivity contribution in [2.75, 3.05) is 66.8 Å². The first-order valence-electron chi connectivity index (χ1n) is 14.7. The Bertz CT molecular complexity index is 1100. The normalized spacial score (nSPS) is 17.5. The smallest absolute Gasteiger partial charge is 0.229 e. The van der Waals surface area contributed by atoms with Gasteiger partial charge < -0.3 is 29.7 Å². The van der Waals surface area contributed by atoms with Crippen LogP contribution in [0.2, 0.25) is 0 Å². The molecule has 39 heavy (non-hydrogen) atoms. The number of piperidine rings is 1. The standard InChI is InChI=1S/C30H47N7O2/c1-7-36(8-2)23-15-18-37(19-16-23)24-13-14-25(27(20-24)39-22(3)4)32-30-31-21-26-29(33-30)34(5)17-11-9-10-12-28(38)35(26)6/h13-14,20-23H,7-12,15-19H2,1-6H3,(H,31,32,33). The van der Waals surface area contributed by atoms with Crippen molar-refractivity contribution in [3.8, 4) is 5.75 Å². The molecule has 2 aliphatic heterocycles. The molecule has 3 heterocycles. The minimum Gasteiger partial charge on any atom is -0.489 e. The van der Waals surface area contributed by atoms with Crippen molar-refractivity contribution < 1.29 is 9.53 Å². The topological polar surface area (TPSA) is 77.1 Å². The van der Waals surface area contributed by atoms with Crippen LogP contribution in [0.4, 0.5) is 28.8 Å². The highest BCUT2D eigenvalue weighted by Crippen LogP contribution is 2.35. The predicted molar refractivity (Wildman–Crippen MR) is 161 cm³/mol. The highest BCUT2D eigenvalue weighted by molar-refractivity contribution is 5.95. The van der Waals surface area contributed by atoms with Gasteiger partial charge in [0.2, 0.25) is 11.9 Å². The highest BCUT2D eigenvalue weighted by Gasteiger charge is 2.24. The molecule has 0 spiro atoms. The van der Waals surface area contributed by atoms with Gasteiger partial charge in [0, 0.05) is 57.9 Å². The Morgan fingerprint density at radius 3 is 2.51 bits per heavy atom. The minimum atomic E-state index is 0.0318. The molecule has 214 valence electrons. The van der Waals surface area contributed by atoms with E-state index >= 15 is 0 Å². The third-order valence-corrected chi connectivity index (χ3v) is 7.96. The van der Waals surface area contributed by atoms with Gasteiger partial charge in [0.25, 0.3) is 0 Å². The number of carbonyl (C=O) groups is 1. The fourth-order valence-electron chi connectivity index (χ4n) is 5.67. The van der Waals surface area contributed by atoms with Gasteiger partial charge in [-0.3, -0.25) is 4.79 Å². The summed E-state index contributed by atoms with van der Waals surface area (Å²) in [6, 6.07) is 7.03. The van der Waals surface area contributed by atoms with Crippen LogP contribution in [-0.4, -0.2) is 79.7 Å². The summed E-state index contributed by atoms with van der Waals surface area (Å²) >= 11 is 0. The molecule has 0 aliphatic carbocycles. The number of ether oxygens (including phenoxy) is 1. The Morgan fingerprint density at radius 1 is 1.08 bits per heavy atom. The van der Waals surface area contributed by atoms with Gasteiger partial charge in [0.15, 0.2) is 5.82 Å². The fourth-order valence-corrected chi connectivity index (χ4v) is 5.67. The molecule has 0 bridgehead atoms. The Hall–Kier alpha value is -3.07. The monoisotopic (exact) mass is 537 g/mol. The number of amides is 1. The quantitative estimate of drug-likeness (QED) is 0.487. The van der Waals surface area contributed by atoms with E-state index in [1.165, 1.54) is 18.5 Å². The summed E-state index contributed by atoms with van der Waals surface area (Å²) in [5.41, 5.74) is 2.75. The average molecular weight is 538 g/mol. The molecular formula is C30H47N7O2. The second kappa shape index (κ2) is 13.3. The molecule has 1 fully saturated rings. The Balaban J connectivity index is 1.56. The zero-order valence-electron chi connectivity index (χ0n) is 24.7. The number of hydrogen-bond donors (Lipinski definition) is 1. The van der Waals surface area contributed by atoms with Crippen LogP contribution < -0.4 is 24.8 Å². The number of benzene rings is 1. The van der Waals surface area contributed by atoms with Crippen molar-refractivity contribution in [2.24, 2.45) is 0 Å². The van der Waals surface area contributed by atoms with E-state index in [-0.39, 0.29) is 12.0 Å². The van der Waals surface area contributed by atoms with Crippen molar-refractivity contribution in [1.82, 2.24) is 14.9 Å². The lowest BCUT2D eigenvalue weighted by Crippen LogP contribution is -2.44.